The third kappa shape index (κ3) is 3.24. The van der Waals surface area contributed by atoms with Gasteiger partial charge in [-0.3, -0.25) is 4.79 Å². The van der Waals surface area contributed by atoms with E-state index in [4.69, 9.17) is 4.84 Å². The summed E-state index contributed by atoms with van der Waals surface area (Å²) in [5, 5.41) is 0. The maximum absolute atomic E-state index is 12.5. The van der Waals surface area contributed by atoms with Gasteiger partial charge in [0, 0.05) is 11.6 Å². The number of benzene rings is 2. The van der Waals surface area contributed by atoms with Crippen molar-refractivity contribution in [3.63, 3.8) is 0 Å². The van der Waals surface area contributed by atoms with Gasteiger partial charge in [-0.15, -0.1) is 4.73 Å². The van der Waals surface area contributed by atoms with E-state index >= 15 is 0 Å². The molecule has 0 amide bonds. The molecule has 1 heterocycles. The summed E-state index contributed by atoms with van der Waals surface area (Å²) >= 11 is 0. The first-order valence-electron chi connectivity index (χ1n) is 7.42. The lowest BCUT2D eigenvalue weighted by atomic mass is 10.0. The Morgan fingerprint density at radius 1 is 0.870 bits per heavy atom. The van der Waals surface area contributed by atoms with Crippen molar-refractivity contribution in [3.05, 3.63) is 95.8 Å². The van der Waals surface area contributed by atoms with Crippen LogP contribution in [0.1, 0.15) is 0 Å². The van der Waals surface area contributed by atoms with E-state index < -0.39 is 0 Å². The molecule has 0 spiro atoms. The molecular weight excluding hydrogens is 286 g/mol. The van der Waals surface area contributed by atoms with E-state index in [9.17, 15) is 4.79 Å². The largest absolute Gasteiger partial charge is 0.406 e. The van der Waals surface area contributed by atoms with Crippen molar-refractivity contribution in [1.29, 1.82) is 0 Å². The van der Waals surface area contributed by atoms with Gasteiger partial charge in [-0.2, -0.15) is 0 Å². The quantitative estimate of drug-likeness (QED) is 0.671. The summed E-state index contributed by atoms with van der Waals surface area (Å²) in [5.74, 6) is 0. The van der Waals surface area contributed by atoms with Crippen LogP contribution in [0, 0.1) is 0 Å². The second kappa shape index (κ2) is 6.79. The molecule has 2 aromatic carbocycles. The number of hydrogen-bond acceptors (Lipinski definition) is 2. The molecule has 3 rings (SSSR count). The molecule has 1 aromatic heterocycles. The van der Waals surface area contributed by atoms with Crippen LogP contribution in [0.25, 0.3) is 22.4 Å². The molecule has 0 bridgehead atoms. The Bertz CT molecular complexity index is 852. The van der Waals surface area contributed by atoms with Gasteiger partial charge in [-0.25, -0.2) is 0 Å². The van der Waals surface area contributed by atoms with Crippen LogP contribution >= 0.6 is 0 Å². The van der Waals surface area contributed by atoms with Crippen LogP contribution in [0.3, 0.4) is 0 Å². The maximum Gasteiger partial charge on any atom is 0.284 e. The molecule has 3 nitrogen and oxygen atoms in total. The Morgan fingerprint density at radius 3 is 2.09 bits per heavy atom. The van der Waals surface area contributed by atoms with Crippen LogP contribution < -0.4 is 10.4 Å². The minimum absolute atomic E-state index is 0.202. The molecule has 0 radical (unpaired) electrons. The third-order valence-corrected chi connectivity index (χ3v) is 3.49. The lowest BCUT2D eigenvalue weighted by Gasteiger charge is -2.14. The Hall–Kier alpha value is -3.07. The maximum atomic E-state index is 12.5. The fraction of sp³-hybridized carbons (Fsp3) is 0.0500. The first kappa shape index (κ1) is 14.9. The number of hydrogen-bond donors (Lipinski definition) is 0. The molecule has 114 valence electrons. The van der Waals surface area contributed by atoms with Crippen molar-refractivity contribution in [1.82, 2.24) is 4.73 Å². The SMILES string of the molecule is C=CCOn1c(-c2ccccc2)cc(-c2ccccc2)cc1=O. The van der Waals surface area contributed by atoms with E-state index in [1.807, 2.05) is 66.7 Å². The molecule has 0 fully saturated rings. The molecule has 23 heavy (non-hydrogen) atoms. The first-order chi connectivity index (χ1) is 11.3. The minimum Gasteiger partial charge on any atom is -0.406 e. The van der Waals surface area contributed by atoms with Crippen LogP contribution in [0.2, 0.25) is 0 Å². The summed E-state index contributed by atoms with van der Waals surface area (Å²) in [6.07, 6.45) is 1.62. The average molecular weight is 303 g/mol. The van der Waals surface area contributed by atoms with E-state index in [1.54, 1.807) is 12.1 Å². The third-order valence-electron chi connectivity index (χ3n) is 3.49. The zero-order valence-corrected chi connectivity index (χ0v) is 12.7. The molecule has 0 aliphatic heterocycles. The van der Waals surface area contributed by atoms with E-state index in [2.05, 4.69) is 6.58 Å². The highest BCUT2D eigenvalue weighted by molar-refractivity contribution is 5.70. The van der Waals surface area contributed by atoms with Gasteiger partial charge in [0.25, 0.3) is 5.56 Å². The Balaban J connectivity index is 2.18. The van der Waals surface area contributed by atoms with Crippen molar-refractivity contribution >= 4 is 0 Å². The van der Waals surface area contributed by atoms with Gasteiger partial charge in [0.05, 0.1) is 5.69 Å². The Kier molecular flexibility index (Phi) is 4.39. The molecule has 0 aliphatic rings. The van der Waals surface area contributed by atoms with Crippen molar-refractivity contribution < 1.29 is 4.84 Å². The van der Waals surface area contributed by atoms with Gasteiger partial charge in [0.15, 0.2) is 0 Å². The first-order valence-corrected chi connectivity index (χ1v) is 7.42. The highest BCUT2D eigenvalue weighted by Crippen LogP contribution is 2.24. The van der Waals surface area contributed by atoms with E-state index in [1.165, 1.54) is 4.73 Å². The number of pyridine rings is 1. The predicted molar refractivity (Wildman–Crippen MR) is 93.2 cm³/mol. The average Bonchev–Trinajstić information content (AvgIpc) is 2.61. The second-order valence-corrected chi connectivity index (χ2v) is 5.08. The smallest absolute Gasteiger partial charge is 0.284 e. The molecule has 0 saturated carbocycles. The highest BCUT2D eigenvalue weighted by atomic mass is 16.7. The highest BCUT2D eigenvalue weighted by Gasteiger charge is 2.11. The number of aromatic nitrogens is 1. The number of nitrogens with zero attached hydrogens (tertiary/aromatic N) is 1. The molecule has 0 saturated heterocycles. The van der Waals surface area contributed by atoms with Crippen LogP contribution in [0.15, 0.2) is 90.2 Å². The van der Waals surface area contributed by atoms with Gasteiger partial charge >= 0.3 is 0 Å². The van der Waals surface area contributed by atoms with Gasteiger partial charge in [0.2, 0.25) is 0 Å². The summed E-state index contributed by atoms with van der Waals surface area (Å²) in [4.78, 5) is 18.1. The Labute approximate surface area is 135 Å². The Morgan fingerprint density at radius 2 is 1.48 bits per heavy atom. The summed E-state index contributed by atoms with van der Waals surface area (Å²) < 4.78 is 1.32. The molecule has 3 heteroatoms. The number of rotatable bonds is 5. The molecular formula is C20H17NO2. The van der Waals surface area contributed by atoms with Crippen LogP contribution in [0.4, 0.5) is 0 Å². The van der Waals surface area contributed by atoms with Crippen molar-refractivity contribution in [2.45, 2.75) is 0 Å². The second-order valence-electron chi connectivity index (χ2n) is 5.08. The fourth-order valence-corrected chi connectivity index (χ4v) is 2.43. The van der Waals surface area contributed by atoms with Gasteiger partial charge in [0.1, 0.15) is 6.61 Å². The molecule has 0 aliphatic carbocycles. The normalized spacial score (nSPS) is 10.3. The van der Waals surface area contributed by atoms with Crippen LogP contribution in [0.5, 0.6) is 0 Å². The van der Waals surface area contributed by atoms with Gasteiger partial charge in [-0.1, -0.05) is 73.3 Å². The van der Waals surface area contributed by atoms with E-state index in [0.717, 1.165) is 22.4 Å². The summed E-state index contributed by atoms with van der Waals surface area (Å²) in [6.45, 7) is 3.90. The fourth-order valence-electron chi connectivity index (χ4n) is 2.43. The van der Waals surface area contributed by atoms with Crippen LogP contribution in [-0.2, 0) is 0 Å². The summed E-state index contributed by atoms with van der Waals surface area (Å²) in [5.41, 5.74) is 3.31. The lowest BCUT2D eigenvalue weighted by Crippen LogP contribution is -2.28. The lowest BCUT2D eigenvalue weighted by molar-refractivity contribution is 0.130. The summed E-state index contributed by atoms with van der Waals surface area (Å²) in [7, 11) is 0. The van der Waals surface area contributed by atoms with E-state index in [0.29, 0.717) is 0 Å². The van der Waals surface area contributed by atoms with Gasteiger partial charge < -0.3 is 4.84 Å². The topological polar surface area (TPSA) is 31.2 Å². The monoisotopic (exact) mass is 303 g/mol. The van der Waals surface area contributed by atoms with Gasteiger partial charge in [-0.05, 0) is 17.2 Å². The molecule has 0 N–H and O–H groups in total. The van der Waals surface area contributed by atoms with Crippen molar-refractivity contribution in [2.75, 3.05) is 6.61 Å². The molecule has 0 atom stereocenters. The van der Waals surface area contributed by atoms with E-state index in [-0.39, 0.29) is 12.2 Å². The van der Waals surface area contributed by atoms with Crippen molar-refractivity contribution in [3.8, 4) is 22.4 Å². The zero-order chi connectivity index (χ0) is 16.1. The zero-order valence-electron chi connectivity index (χ0n) is 12.7. The van der Waals surface area contributed by atoms with Crippen LogP contribution in [-0.4, -0.2) is 11.3 Å². The molecule has 3 aromatic rings. The predicted octanol–water partition coefficient (Wildman–Crippen LogP) is 3.80. The minimum atomic E-state index is -0.202. The standard InChI is InChI=1S/C20H17NO2/c1-2-13-23-21-19(17-11-7-4-8-12-17)14-18(15-20(21)22)16-9-5-3-6-10-16/h2-12,14-15H,1,13H2. The molecule has 0 unspecified atom stereocenters. The summed E-state index contributed by atoms with van der Waals surface area (Å²) in [6, 6.07) is 23.1. The van der Waals surface area contributed by atoms with Crippen molar-refractivity contribution in [2.24, 2.45) is 0 Å².